The highest BCUT2D eigenvalue weighted by molar-refractivity contribution is 7.83. The van der Waals surface area contributed by atoms with Crippen LogP contribution in [0.1, 0.15) is 6.92 Å². The predicted molar refractivity (Wildman–Crippen MR) is 57.7 cm³/mol. The summed E-state index contributed by atoms with van der Waals surface area (Å²) in [5.41, 5.74) is 6.32. The van der Waals surface area contributed by atoms with E-state index in [4.69, 9.17) is 5.73 Å². The van der Waals surface area contributed by atoms with Gasteiger partial charge in [-0.2, -0.15) is 0 Å². The van der Waals surface area contributed by atoms with Crippen LogP contribution in [0.25, 0.3) is 0 Å². The topological polar surface area (TPSA) is 84.6 Å². The Morgan fingerprint density at radius 3 is 2.43 bits per heavy atom. The number of nitrogens with two attached hydrogens (primary N) is 1. The van der Waals surface area contributed by atoms with Gasteiger partial charge in [0.05, 0.1) is 0 Å². The van der Waals surface area contributed by atoms with Crippen molar-refractivity contribution in [3.05, 3.63) is 17.5 Å². The van der Waals surface area contributed by atoms with Crippen molar-refractivity contribution in [3.8, 4) is 0 Å². The van der Waals surface area contributed by atoms with Gasteiger partial charge in [-0.1, -0.05) is 0 Å². The van der Waals surface area contributed by atoms with Crippen molar-refractivity contribution in [1.29, 1.82) is 0 Å². The Bertz CT molecular complexity index is 336. The number of carbonyl (C=O) groups excluding carboxylic acids is 1. The van der Waals surface area contributed by atoms with Crippen LogP contribution < -0.4 is 11.1 Å². The van der Waals surface area contributed by atoms with Crippen molar-refractivity contribution in [2.75, 3.05) is 12.5 Å². The number of hydrogen-bond acceptors (Lipinski definition) is 5. The van der Waals surface area contributed by atoms with Crippen LogP contribution in [0.2, 0.25) is 0 Å². The Balaban J connectivity index is 0.000000364. The molecular weight excluding hydrogens is 202 g/mol. The maximum atomic E-state index is 10.1. The minimum absolute atomic E-state index is 0.235. The molecule has 0 radical (unpaired) electrons. The first-order valence-electron chi connectivity index (χ1n) is 3.75. The minimum atomic E-state index is -0.611. The number of guanidine groups is 1. The van der Waals surface area contributed by atoms with E-state index in [1.807, 2.05) is 0 Å². The average molecular weight is 215 g/mol. The molecule has 0 saturated heterocycles. The summed E-state index contributed by atoms with van der Waals surface area (Å²) >= 11 is 0. The smallest absolute Gasteiger partial charge is 0.198 e. The number of rotatable bonds is 0. The molecule has 0 saturated carbocycles. The van der Waals surface area contributed by atoms with Gasteiger partial charge in [-0.25, -0.2) is 9.79 Å². The fraction of sp³-hybridized carbons (Fsp3) is 0.375. The molecule has 1 heterocycles. The molecule has 5 nitrogen and oxygen atoms in total. The summed E-state index contributed by atoms with van der Waals surface area (Å²) in [6.07, 6.45) is 4.85. The molecule has 14 heavy (non-hydrogen) atoms. The van der Waals surface area contributed by atoms with Crippen molar-refractivity contribution in [1.82, 2.24) is 5.32 Å². The molecule has 6 heteroatoms. The largest absolute Gasteiger partial charge is 0.369 e. The molecule has 0 aromatic heterocycles. The third kappa shape index (κ3) is 6.16. The molecule has 0 amide bonds. The molecule has 1 rings (SSSR count). The molecule has 3 N–H and O–H groups in total. The van der Waals surface area contributed by atoms with Gasteiger partial charge in [-0.3, -0.25) is 4.21 Å². The molecule has 0 fully saturated rings. The fourth-order valence-electron chi connectivity index (χ4n) is 0.688. The van der Waals surface area contributed by atoms with Gasteiger partial charge in [-0.15, -0.1) is 0 Å². The zero-order valence-electron chi connectivity index (χ0n) is 8.33. The number of aliphatic imine (C=N–C) groups is 1. The third-order valence-electron chi connectivity index (χ3n) is 1.02. The van der Waals surface area contributed by atoms with E-state index < -0.39 is 10.8 Å². The summed E-state index contributed by atoms with van der Waals surface area (Å²) in [7, 11) is -0.611. The Morgan fingerprint density at radius 1 is 1.57 bits per heavy atom. The molecule has 0 aromatic rings. The maximum Gasteiger partial charge on any atom is 0.198 e. The quantitative estimate of drug-likeness (QED) is 0.534. The average Bonchev–Trinajstić information content (AvgIpc) is 2.01. The molecule has 78 valence electrons. The van der Waals surface area contributed by atoms with Crippen LogP contribution in [0.3, 0.4) is 0 Å². The van der Waals surface area contributed by atoms with Crippen LogP contribution in [0.4, 0.5) is 0 Å². The van der Waals surface area contributed by atoms with Crippen LogP contribution in [0.5, 0.6) is 0 Å². The summed E-state index contributed by atoms with van der Waals surface area (Å²) in [5, 5.41) is 2.54. The summed E-state index contributed by atoms with van der Waals surface area (Å²) < 4.78 is 9.56. The molecule has 0 aromatic carbocycles. The second-order valence-corrected chi connectivity index (χ2v) is 4.15. The molecule has 1 aliphatic rings. The molecule has 0 atom stereocenters. The standard InChI is InChI=1S/C6H7N3O.C2H6OS/c1-4-2-5(3-10)9-6(7)8-4;1-4(2)3/h2H,1H3,(H3,7,8,9);1-2H3. The van der Waals surface area contributed by atoms with E-state index in [9.17, 15) is 9.00 Å². The van der Waals surface area contributed by atoms with Gasteiger partial charge < -0.3 is 11.1 Å². The summed E-state index contributed by atoms with van der Waals surface area (Å²) in [4.78, 5) is 13.9. The summed E-state index contributed by atoms with van der Waals surface area (Å²) in [5.74, 6) is 1.92. The van der Waals surface area contributed by atoms with E-state index in [0.29, 0.717) is 11.4 Å². The lowest BCUT2D eigenvalue weighted by atomic mass is 10.3. The normalized spacial score (nSPS) is 14.4. The zero-order chi connectivity index (χ0) is 11.1. The van der Waals surface area contributed by atoms with E-state index in [0.717, 1.165) is 0 Å². The van der Waals surface area contributed by atoms with Crippen LogP contribution in [0.15, 0.2) is 22.5 Å². The van der Waals surface area contributed by atoms with Crippen molar-refractivity contribution in [2.24, 2.45) is 10.7 Å². The highest BCUT2D eigenvalue weighted by Gasteiger charge is 2.03. The number of hydrogen-bond donors (Lipinski definition) is 2. The fourth-order valence-corrected chi connectivity index (χ4v) is 0.688. The SMILES string of the molecule is CC1=CC(=C=O)NC(N)=N1.CS(C)=O. The second-order valence-electron chi connectivity index (χ2n) is 2.67. The van der Waals surface area contributed by atoms with E-state index in [1.165, 1.54) is 0 Å². The first-order chi connectivity index (χ1) is 6.45. The molecule has 0 unspecified atom stereocenters. The lowest BCUT2D eigenvalue weighted by Gasteiger charge is -2.08. The van der Waals surface area contributed by atoms with Crippen LogP contribution >= 0.6 is 0 Å². The zero-order valence-corrected chi connectivity index (χ0v) is 9.14. The van der Waals surface area contributed by atoms with Crippen molar-refractivity contribution >= 4 is 22.7 Å². The lowest BCUT2D eigenvalue weighted by molar-refractivity contribution is 0.566. The first kappa shape index (κ1) is 12.6. The summed E-state index contributed by atoms with van der Waals surface area (Å²) in [6, 6.07) is 0. The molecule has 0 bridgehead atoms. The van der Waals surface area contributed by atoms with E-state index in [1.54, 1.807) is 31.5 Å². The number of allylic oxidation sites excluding steroid dienone is 2. The predicted octanol–water partition coefficient (Wildman–Crippen LogP) is -0.482. The molecular formula is C8H13N3O2S. The highest BCUT2D eigenvalue weighted by Crippen LogP contribution is 2.02. The van der Waals surface area contributed by atoms with Gasteiger partial charge in [0.25, 0.3) is 0 Å². The van der Waals surface area contributed by atoms with Gasteiger partial charge in [0, 0.05) is 29.0 Å². The number of nitrogens with zero attached hydrogens (tertiary/aromatic N) is 1. The molecule has 0 aliphatic carbocycles. The van der Waals surface area contributed by atoms with E-state index in [2.05, 4.69) is 10.3 Å². The number of nitrogens with one attached hydrogen (secondary N) is 1. The Morgan fingerprint density at radius 2 is 2.07 bits per heavy atom. The van der Waals surface area contributed by atoms with Crippen molar-refractivity contribution in [3.63, 3.8) is 0 Å². The third-order valence-corrected chi connectivity index (χ3v) is 1.02. The monoisotopic (exact) mass is 215 g/mol. The van der Waals surface area contributed by atoms with E-state index in [-0.39, 0.29) is 5.96 Å². The second kappa shape index (κ2) is 6.12. The van der Waals surface area contributed by atoms with Gasteiger partial charge >= 0.3 is 0 Å². The van der Waals surface area contributed by atoms with Gasteiger partial charge in [0.2, 0.25) is 0 Å². The van der Waals surface area contributed by atoms with E-state index >= 15 is 0 Å². The van der Waals surface area contributed by atoms with Crippen LogP contribution in [-0.4, -0.2) is 28.6 Å². The van der Waals surface area contributed by atoms with Gasteiger partial charge in [-0.05, 0) is 13.0 Å². The van der Waals surface area contributed by atoms with Crippen molar-refractivity contribution in [2.45, 2.75) is 6.92 Å². The Hall–Kier alpha value is -1.39. The minimum Gasteiger partial charge on any atom is -0.369 e. The molecule has 1 aliphatic heterocycles. The Labute approximate surface area is 85.2 Å². The van der Waals surface area contributed by atoms with Crippen LogP contribution in [0, 0.1) is 0 Å². The van der Waals surface area contributed by atoms with Gasteiger partial charge in [0.1, 0.15) is 5.70 Å². The first-order valence-corrected chi connectivity index (χ1v) is 5.72. The Kier molecular flexibility index (Phi) is 5.52. The summed E-state index contributed by atoms with van der Waals surface area (Å²) in [6.45, 7) is 1.76. The van der Waals surface area contributed by atoms with Gasteiger partial charge in [0.15, 0.2) is 11.9 Å². The molecule has 0 spiro atoms. The lowest BCUT2D eigenvalue weighted by Crippen LogP contribution is -2.32. The van der Waals surface area contributed by atoms with Crippen LogP contribution in [-0.2, 0) is 15.6 Å². The maximum absolute atomic E-state index is 10.1. The highest BCUT2D eigenvalue weighted by atomic mass is 32.2. The van der Waals surface area contributed by atoms with Crippen molar-refractivity contribution < 1.29 is 9.00 Å².